The molecule has 0 aromatic heterocycles. The second-order valence-electron chi connectivity index (χ2n) is 3.99. The second-order valence-corrected chi connectivity index (χ2v) is 5.33. The van der Waals surface area contributed by atoms with Crippen LogP contribution < -0.4 is 0 Å². The fourth-order valence-corrected chi connectivity index (χ4v) is 2.61. The molecule has 1 aliphatic rings. The first-order valence-electron chi connectivity index (χ1n) is 3.75. The van der Waals surface area contributed by atoms with Crippen molar-refractivity contribution in [3.8, 4) is 0 Å². The molecule has 0 saturated heterocycles. The van der Waals surface area contributed by atoms with Gasteiger partial charge in [-0.25, -0.2) is 0 Å². The summed E-state index contributed by atoms with van der Waals surface area (Å²) < 4.78 is 0.861. The average Bonchev–Trinajstić information content (AvgIpc) is 2.17. The van der Waals surface area contributed by atoms with Crippen molar-refractivity contribution < 1.29 is 0 Å². The molecule has 1 saturated carbocycles. The van der Waals surface area contributed by atoms with Crippen LogP contribution in [-0.4, -0.2) is 3.92 Å². The topological polar surface area (TPSA) is 0 Å². The Labute approximate surface area is 77.2 Å². The van der Waals surface area contributed by atoms with Crippen molar-refractivity contribution in [2.75, 3.05) is 0 Å². The van der Waals surface area contributed by atoms with E-state index in [1.165, 1.54) is 5.57 Å². The van der Waals surface area contributed by atoms with E-state index in [1.54, 1.807) is 0 Å². The summed E-state index contributed by atoms with van der Waals surface area (Å²) in [7, 11) is 0. The molecule has 0 heterocycles. The molecule has 2 unspecified atom stereocenters. The van der Waals surface area contributed by atoms with Crippen molar-refractivity contribution in [1.82, 2.24) is 0 Å². The van der Waals surface area contributed by atoms with Crippen LogP contribution in [-0.2, 0) is 0 Å². The average molecular weight is 250 g/mol. The molecule has 2 atom stereocenters. The molecular formula is C9H15I. The smallest absolute Gasteiger partial charge is 0.0235 e. The van der Waals surface area contributed by atoms with Gasteiger partial charge in [-0.15, -0.1) is 0 Å². The lowest BCUT2D eigenvalue weighted by Crippen LogP contribution is -1.87. The first kappa shape index (κ1) is 8.57. The molecule has 1 heteroatoms. The minimum atomic E-state index is 0.567. The Balaban J connectivity index is 2.58. The summed E-state index contributed by atoms with van der Waals surface area (Å²) in [5.74, 6) is 0.832. The third kappa shape index (κ3) is 1.39. The molecule has 0 aromatic rings. The standard InChI is InChI=1S/C9H15I/c1-6(2)5-7-8(10)9(7,3)4/h5,7-8H,1-4H3. The van der Waals surface area contributed by atoms with E-state index in [0.29, 0.717) is 5.41 Å². The molecule has 1 rings (SSSR count). The number of alkyl halides is 1. The number of halogens is 1. The van der Waals surface area contributed by atoms with Gasteiger partial charge in [0.2, 0.25) is 0 Å². The van der Waals surface area contributed by atoms with Crippen molar-refractivity contribution >= 4 is 22.6 Å². The maximum Gasteiger partial charge on any atom is 0.0235 e. The van der Waals surface area contributed by atoms with Crippen molar-refractivity contribution in [3.05, 3.63) is 11.6 Å². The summed E-state index contributed by atoms with van der Waals surface area (Å²) in [5, 5.41) is 0. The van der Waals surface area contributed by atoms with Crippen LogP contribution in [0.5, 0.6) is 0 Å². The first-order valence-corrected chi connectivity index (χ1v) is 5.00. The normalized spacial score (nSPS) is 35.3. The number of rotatable bonds is 1. The molecule has 0 N–H and O–H groups in total. The fourth-order valence-electron chi connectivity index (χ4n) is 1.27. The molecule has 0 aliphatic heterocycles. The van der Waals surface area contributed by atoms with Gasteiger partial charge >= 0.3 is 0 Å². The monoisotopic (exact) mass is 250 g/mol. The van der Waals surface area contributed by atoms with E-state index < -0.39 is 0 Å². The summed E-state index contributed by atoms with van der Waals surface area (Å²) in [6.45, 7) is 9.04. The van der Waals surface area contributed by atoms with Crippen molar-refractivity contribution in [1.29, 1.82) is 0 Å². The van der Waals surface area contributed by atoms with Gasteiger partial charge in [-0.1, -0.05) is 48.1 Å². The zero-order valence-electron chi connectivity index (χ0n) is 7.11. The molecule has 1 fully saturated rings. The Bertz CT molecular complexity index is 164. The van der Waals surface area contributed by atoms with Gasteiger partial charge in [0.15, 0.2) is 0 Å². The van der Waals surface area contributed by atoms with Gasteiger partial charge in [-0.05, 0) is 25.2 Å². The van der Waals surface area contributed by atoms with Gasteiger partial charge in [-0.2, -0.15) is 0 Å². The lowest BCUT2D eigenvalue weighted by atomic mass is 10.1. The summed E-state index contributed by atoms with van der Waals surface area (Å²) in [5.41, 5.74) is 2.02. The Morgan fingerprint density at radius 1 is 1.40 bits per heavy atom. The highest BCUT2D eigenvalue weighted by Gasteiger charge is 2.54. The van der Waals surface area contributed by atoms with Crippen LogP contribution in [0.2, 0.25) is 0 Å². The van der Waals surface area contributed by atoms with E-state index in [-0.39, 0.29) is 0 Å². The summed E-state index contributed by atoms with van der Waals surface area (Å²) in [6.07, 6.45) is 2.40. The first-order chi connectivity index (χ1) is 4.46. The molecule has 1 aliphatic carbocycles. The molecule has 0 amide bonds. The Morgan fingerprint density at radius 2 is 1.80 bits per heavy atom. The molecule has 58 valence electrons. The fraction of sp³-hybridized carbons (Fsp3) is 0.778. The van der Waals surface area contributed by atoms with E-state index in [9.17, 15) is 0 Å². The quantitative estimate of drug-likeness (QED) is 0.380. The maximum atomic E-state index is 2.55. The van der Waals surface area contributed by atoms with E-state index in [4.69, 9.17) is 0 Å². The third-order valence-corrected chi connectivity index (χ3v) is 4.67. The van der Waals surface area contributed by atoms with Crippen molar-refractivity contribution in [3.63, 3.8) is 0 Å². The van der Waals surface area contributed by atoms with Gasteiger partial charge in [0, 0.05) is 3.92 Å². The Morgan fingerprint density at radius 3 is 1.90 bits per heavy atom. The van der Waals surface area contributed by atoms with Gasteiger partial charge in [0.25, 0.3) is 0 Å². The van der Waals surface area contributed by atoms with E-state index in [2.05, 4.69) is 56.4 Å². The Kier molecular flexibility index (Phi) is 2.15. The van der Waals surface area contributed by atoms with Crippen molar-refractivity contribution in [2.24, 2.45) is 11.3 Å². The predicted molar refractivity (Wildman–Crippen MR) is 54.5 cm³/mol. The Hall–Kier alpha value is 0.470. The number of allylic oxidation sites excluding steroid dienone is 2. The lowest BCUT2D eigenvalue weighted by molar-refractivity contribution is 0.613. The van der Waals surface area contributed by atoms with Crippen LogP contribution in [0.25, 0.3) is 0 Å². The molecule has 0 nitrogen and oxygen atoms in total. The largest absolute Gasteiger partial charge is 0.0813 e. The summed E-state index contributed by atoms with van der Waals surface area (Å²) >= 11 is 2.55. The van der Waals surface area contributed by atoms with Gasteiger partial charge in [0.1, 0.15) is 0 Å². The van der Waals surface area contributed by atoms with Crippen LogP contribution in [0.1, 0.15) is 27.7 Å². The van der Waals surface area contributed by atoms with E-state index in [1.807, 2.05) is 0 Å². The molecule has 0 bridgehead atoms. The van der Waals surface area contributed by atoms with Crippen molar-refractivity contribution in [2.45, 2.75) is 31.6 Å². The lowest BCUT2D eigenvalue weighted by Gasteiger charge is -1.96. The molecule has 0 radical (unpaired) electrons. The van der Waals surface area contributed by atoms with E-state index >= 15 is 0 Å². The van der Waals surface area contributed by atoms with E-state index in [0.717, 1.165) is 9.84 Å². The van der Waals surface area contributed by atoms with Crippen LogP contribution in [0.3, 0.4) is 0 Å². The van der Waals surface area contributed by atoms with Gasteiger partial charge in [0.05, 0.1) is 0 Å². The van der Waals surface area contributed by atoms with Crippen LogP contribution >= 0.6 is 22.6 Å². The molecular weight excluding hydrogens is 235 g/mol. The zero-order valence-corrected chi connectivity index (χ0v) is 9.27. The van der Waals surface area contributed by atoms with Crippen LogP contribution in [0, 0.1) is 11.3 Å². The highest BCUT2D eigenvalue weighted by atomic mass is 127. The minimum absolute atomic E-state index is 0.567. The number of hydrogen-bond acceptors (Lipinski definition) is 0. The minimum Gasteiger partial charge on any atom is -0.0813 e. The van der Waals surface area contributed by atoms with Crippen LogP contribution in [0.15, 0.2) is 11.6 Å². The summed E-state index contributed by atoms with van der Waals surface area (Å²) in [6, 6.07) is 0. The highest BCUT2D eigenvalue weighted by Crippen LogP contribution is 2.58. The molecule has 0 spiro atoms. The van der Waals surface area contributed by atoms with Crippen LogP contribution in [0.4, 0.5) is 0 Å². The zero-order chi connectivity index (χ0) is 7.94. The highest BCUT2D eigenvalue weighted by molar-refractivity contribution is 14.1. The predicted octanol–water partition coefficient (Wildman–Crippen LogP) is 3.41. The SMILES string of the molecule is CC(C)=CC1C(I)C1(C)C. The molecule has 10 heavy (non-hydrogen) atoms. The third-order valence-electron chi connectivity index (χ3n) is 2.29. The summed E-state index contributed by atoms with van der Waals surface area (Å²) in [4.78, 5) is 0. The maximum absolute atomic E-state index is 2.55. The molecule has 0 aromatic carbocycles. The second kappa shape index (κ2) is 2.50. The van der Waals surface area contributed by atoms with Gasteiger partial charge in [-0.3, -0.25) is 0 Å². The number of hydrogen-bond donors (Lipinski definition) is 0. The van der Waals surface area contributed by atoms with Gasteiger partial charge < -0.3 is 0 Å².